The van der Waals surface area contributed by atoms with E-state index in [1.807, 2.05) is 0 Å². The molecule has 0 aromatic heterocycles. The van der Waals surface area contributed by atoms with Gasteiger partial charge in [-0.3, -0.25) is 0 Å². The SMILES string of the molecule is CC(C)C1=CCC(C(C)C)=C1C(C)C.[BaH2]. The quantitative estimate of drug-likeness (QED) is 0.692. The van der Waals surface area contributed by atoms with Crippen LogP contribution in [0.5, 0.6) is 0 Å². The third-order valence-electron chi connectivity index (χ3n) is 3.10. The summed E-state index contributed by atoms with van der Waals surface area (Å²) in [6.45, 7) is 13.9. The maximum absolute atomic E-state index is 2.44. The molecule has 1 heteroatoms. The van der Waals surface area contributed by atoms with E-state index in [1.54, 1.807) is 16.7 Å². The Hall–Kier alpha value is 1.05. The van der Waals surface area contributed by atoms with Crippen LogP contribution in [0.4, 0.5) is 0 Å². The van der Waals surface area contributed by atoms with Crippen LogP contribution in [0, 0.1) is 17.8 Å². The van der Waals surface area contributed by atoms with Crippen LogP contribution in [0.25, 0.3) is 0 Å². The number of hydrogen-bond donors (Lipinski definition) is 0. The van der Waals surface area contributed by atoms with E-state index in [-0.39, 0.29) is 48.9 Å². The van der Waals surface area contributed by atoms with Crippen molar-refractivity contribution < 1.29 is 0 Å². The summed E-state index contributed by atoms with van der Waals surface area (Å²) in [7, 11) is 0. The van der Waals surface area contributed by atoms with Crippen molar-refractivity contribution in [3.63, 3.8) is 0 Å². The molecule has 0 radical (unpaired) electrons. The van der Waals surface area contributed by atoms with Crippen molar-refractivity contribution in [2.45, 2.75) is 48.0 Å². The summed E-state index contributed by atoms with van der Waals surface area (Å²) in [6.07, 6.45) is 3.63. The molecule has 0 saturated carbocycles. The molecule has 0 unspecified atom stereocenters. The molecular weight excluding hydrogens is 305 g/mol. The van der Waals surface area contributed by atoms with Gasteiger partial charge >= 0.3 is 48.9 Å². The van der Waals surface area contributed by atoms with Gasteiger partial charge in [0, 0.05) is 0 Å². The summed E-state index contributed by atoms with van der Waals surface area (Å²) in [5.41, 5.74) is 4.92. The molecule has 84 valence electrons. The van der Waals surface area contributed by atoms with Crippen molar-refractivity contribution in [1.82, 2.24) is 0 Å². The number of rotatable bonds is 3. The van der Waals surface area contributed by atoms with E-state index in [2.05, 4.69) is 47.6 Å². The first kappa shape index (κ1) is 16.1. The zero-order chi connectivity index (χ0) is 10.9. The molecule has 0 bridgehead atoms. The van der Waals surface area contributed by atoms with Crippen LogP contribution in [0.3, 0.4) is 0 Å². The topological polar surface area (TPSA) is 0 Å². The van der Waals surface area contributed by atoms with Gasteiger partial charge in [0.2, 0.25) is 0 Å². The first-order chi connectivity index (χ1) is 6.45. The van der Waals surface area contributed by atoms with Crippen LogP contribution in [0.1, 0.15) is 48.0 Å². The summed E-state index contributed by atoms with van der Waals surface area (Å²) in [6, 6.07) is 0. The predicted molar refractivity (Wildman–Crippen MR) is 72.8 cm³/mol. The van der Waals surface area contributed by atoms with Crippen LogP contribution in [-0.4, -0.2) is 48.9 Å². The Morgan fingerprint density at radius 1 is 0.867 bits per heavy atom. The molecule has 0 aromatic carbocycles. The molecule has 0 amide bonds. The second-order valence-corrected chi connectivity index (χ2v) is 5.27. The van der Waals surface area contributed by atoms with E-state index in [0.29, 0.717) is 17.8 Å². The average Bonchev–Trinajstić information content (AvgIpc) is 2.46. The fourth-order valence-corrected chi connectivity index (χ4v) is 2.42. The van der Waals surface area contributed by atoms with Crippen LogP contribution < -0.4 is 0 Å². The molecule has 1 aliphatic carbocycles. The Morgan fingerprint density at radius 3 is 1.73 bits per heavy atom. The zero-order valence-corrected chi connectivity index (χ0v) is 10.5. The van der Waals surface area contributed by atoms with Gasteiger partial charge in [0.1, 0.15) is 0 Å². The molecule has 0 nitrogen and oxygen atoms in total. The van der Waals surface area contributed by atoms with Crippen molar-refractivity contribution in [2.24, 2.45) is 17.8 Å². The standard InChI is InChI=1S/C14H24.Ba.2H/c1-9(2)12-7-8-13(10(3)4)14(12)11(5)6;;;/h7,9-11H,8H2,1-6H3;;;. The van der Waals surface area contributed by atoms with Gasteiger partial charge in [-0.05, 0) is 35.3 Å². The summed E-state index contributed by atoms with van der Waals surface area (Å²) in [5, 5.41) is 0. The van der Waals surface area contributed by atoms with Crippen LogP contribution in [0.2, 0.25) is 0 Å². The van der Waals surface area contributed by atoms with E-state index < -0.39 is 0 Å². The van der Waals surface area contributed by atoms with E-state index in [1.165, 1.54) is 6.42 Å². The molecule has 1 aliphatic rings. The number of hydrogen-bond acceptors (Lipinski definition) is 0. The van der Waals surface area contributed by atoms with E-state index in [4.69, 9.17) is 0 Å². The minimum absolute atomic E-state index is 0. The summed E-state index contributed by atoms with van der Waals surface area (Å²) < 4.78 is 0. The van der Waals surface area contributed by atoms with Gasteiger partial charge in [0.25, 0.3) is 0 Å². The van der Waals surface area contributed by atoms with Gasteiger partial charge in [-0.2, -0.15) is 0 Å². The maximum atomic E-state index is 2.44. The van der Waals surface area contributed by atoms with Crippen molar-refractivity contribution >= 4 is 48.9 Å². The van der Waals surface area contributed by atoms with Gasteiger partial charge in [0.15, 0.2) is 0 Å². The van der Waals surface area contributed by atoms with Gasteiger partial charge in [-0.25, -0.2) is 0 Å². The molecule has 0 aliphatic heterocycles. The van der Waals surface area contributed by atoms with Crippen molar-refractivity contribution in [1.29, 1.82) is 0 Å². The molecule has 0 aromatic rings. The fraction of sp³-hybridized carbons (Fsp3) is 0.714. The second kappa shape index (κ2) is 6.71. The Balaban J connectivity index is 0.00000196. The molecule has 1 rings (SSSR count). The number of allylic oxidation sites excluding steroid dienone is 4. The minimum atomic E-state index is 0. The van der Waals surface area contributed by atoms with E-state index in [0.717, 1.165) is 0 Å². The molecule has 0 fully saturated rings. The van der Waals surface area contributed by atoms with Crippen LogP contribution in [0.15, 0.2) is 22.8 Å². The summed E-state index contributed by atoms with van der Waals surface area (Å²) in [5.74, 6) is 2.08. The first-order valence-corrected chi connectivity index (χ1v) is 5.88. The molecule has 0 N–H and O–H groups in total. The van der Waals surface area contributed by atoms with Crippen LogP contribution in [-0.2, 0) is 0 Å². The molecule has 0 atom stereocenters. The third kappa shape index (κ3) is 3.78. The average molecular weight is 332 g/mol. The van der Waals surface area contributed by atoms with Gasteiger partial charge in [-0.1, -0.05) is 53.2 Å². The molecule has 15 heavy (non-hydrogen) atoms. The van der Waals surface area contributed by atoms with Gasteiger partial charge in [-0.15, -0.1) is 0 Å². The van der Waals surface area contributed by atoms with Crippen LogP contribution >= 0.6 is 0 Å². The molecule has 0 saturated heterocycles. The Kier molecular flexibility index (Phi) is 7.18. The first-order valence-electron chi connectivity index (χ1n) is 5.88. The normalized spacial score (nSPS) is 16.5. The van der Waals surface area contributed by atoms with Crippen molar-refractivity contribution in [3.8, 4) is 0 Å². The zero-order valence-electron chi connectivity index (χ0n) is 10.5. The fourth-order valence-electron chi connectivity index (χ4n) is 2.42. The van der Waals surface area contributed by atoms with E-state index >= 15 is 0 Å². The van der Waals surface area contributed by atoms with Gasteiger partial charge < -0.3 is 0 Å². The van der Waals surface area contributed by atoms with E-state index in [9.17, 15) is 0 Å². The summed E-state index contributed by atoms with van der Waals surface area (Å²) in [4.78, 5) is 0. The van der Waals surface area contributed by atoms with Gasteiger partial charge in [0.05, 0.1) is 0 Å². The Bertz CT molecular complexity index is 267. The predicted octanol–water partition coefficient (Wildman–Crippen LogP) is 3.66. The van der Waals surface area contributed by atoms with Crippen molar-refractivity contribution in [3.05, 3.63) is 22.8 Å². The Labute approximate surface area is 136 Å². The monoisotopic (exact) mass is 332 g/mol. The molecule has 0 spiro atoms. The second-order valence-electron chi connectivity index (χ2n) is 5.27. The summed E-state index contributed by atoms with van der Waals surface area (Å²) >= 11 is 0. The van der Waals surface area contributed by atoms with Crippen molar-refractivity contribution in [2.75, 3.05) is 0 Å². The molecule has 0 heterocycles. The third-order valence-corrected chi connectivity index (χ3v) is 3.10. The Morgan fingerprint density at radius 2 is 1.40 bits per heavy atom. The molecular formula is C14H26Ba.